The Kier molecular flexibility index (Phi) is 3.84. The van der Waals surface area contributed by atoms with Crippen LogP contribution in [0.15, 0.2) is 47.6 Å². The minimum Gasteiger partial charge on any atom is -0.375 e. The van der Waals surface area contributed by atoms with Crippen LogP contribution in [0.1, 0.15) is 21.5 Å². The lowest BCUT2D eigenvalue weighted by Gasteiger charge is -2.00. The Bertz CT molecular complexity index is 852. The summed E-state index contributed by atoms with van der Waals surface area (Å²) in [5.41, 5.74) is 11.6. The Morgan fingerprint density at radius 1 is 1.27 bits per heavy atom. The molecule has 0 aliphatic carbocycles. The SMILES string of the molecule is Cc1ccc(/C=N\NC(=O)c2ccc3nc(N)sc3c2)cc1. The van der Waals surface area contributed by atoms with Crippen molar-refractivity contribution < 1.29 is 4.79 Å². The summed E-state index contributed by atoms with van der Waals surface area (Å²) in [4.78, 5) is 16.2. The molecule has 0 radical (unpaired) electrons. The number of hydrazone groups is 1. The summed E-state index contributed by atoms with van der Waals surface area (Å²) in [5, 5.41) is 4.46. The molecule has 3 rings (SSSR count). The van der Waals surface area contributed by atoms with Gasteiger partial charge in [0.15, 0.2) is 5.13 Å². The van der Waals surface area contributed by atoms with E-state index >= 15 is 0 Å². The van der Waals surface area contributed by atoms with Crippen molar-refractivity contribution in [3.8, 4) is 0 Å². The number of thiazole rings is 1. The second-order valence-electron chi connectivity index (χ2n) is 4.84. The Morgan fingerprint density at radius 2 is 2.05 bits per heavy atom. The summed E-state index contributed by atoms with van der Waals surface area (Å²) >= 11 is 1.35. The standard InChI is InChI=1S/C16H14N4OS/c1-10-2-4-11(5-3-10)9-18-20-15(21)12-6-7-13-14(8-12)22-16(17)19-13/h2-9H,1H3,(H2,17,19)(H,20,21)/b18-9-. The molecule has 110 valence electrons. The third-order valence-electron chi connectivity index (χ3n) is 3.12. The van der Waals surface area contributed by atoms with Gasteiger partial charge in [0.25, 0.3) is 5.91 Å². The number of hydrogen-bond donors (Lipinski definition) is 2. The van der Waals surface area contributed by atoms with Gasteiger partial charge in [-0.1, -0.05) is 41.2 Å². The molecule has 0 bridgehead atoms. The van der Waals surface area contributed by atoms with Crippen molar-refractivity contribution in [1.82, 2.24) is 10.4 Å². The van der Waals surface area contributed by atoms with E-state index in [0.29, 0.717) is 10.7 Å². The quantitative estimate of drug-likeness (QED) is 0.576. The summed E-state index contributed by atoms with van der Waals surface area (Å²) < 4.78 is 0.882. The first-order valence-corrected chi connectivity index (χ1v) is 7.49. The van der Waals surface area contributed by atoms with E-state index < -0.39 is 0 Å². The molecule has 0 aliphatic heterocycles. The third-order valence-corrected chi connectivity index (χ3v) is 3.97. The highest BCUT2D eigenvalue weighted by Crippen LogP contribution is 2.24. The molecular formula is C16H14N4OS. The van der Waals surface area contributed by atoms with E-state index in [1.165, 1.54) is 16.9 Å². The van der Waals surface area contributed by atoms with Gasteiger partial charge in [-0.3, -0.25) is 4.79 Å². The highest BCUT2D eigenvalue weighted by atomic mass is 32.1. The van der Waals surface area contributed by atoms with Crippen LogP contribution in [0.4, 0.5) is 5.13 Å². The summed E-state index contributed by atoms with van der Waals surface area (Å²) in [6.45, 7) is 2.02. The highest BCUT2D eigenvalue weighted by Gasteiger charge is 2.07. The van der Waals surface area contributed by atoms with Gasteiger partial charge in [-0.2, -0.15) is 5.10 Å². The molecule has 5 nitrogen and oxygen atoms in total. The minimum absolute atomic E-state index is 0.266. The van der Waals surface area contributed by atoms with Gasteiger partial charge in [0.05, 0.1) is 16.4 Å². The van der Waals surface area contributed by atoms with Crippen molar-refractivity contribution in [1.29, 1.82) is 0 Å². The zero-order valence-electron chi connectivity index (χ0n) is 11.9. The lowest BCUT2D eigenvalue weighted by atomic mass is 10.2. The van der Waals surface area contributed by atoms with Crippen LogP contribution in [0.2, 0.25) is 0 Å². The maximum absolute atomic E-state index is 12.1. The van der Waals surface area contributed by atoms with E-state index in [1.807, 2.05) is 31.2 Å². The second kappa shape index (κ2) is 5.95. The number of carbonyl (C=O) groups is 1. The Balaban J connectivity index is 1.71. The average molecular weight is 310 g/mol. The van der Waals surface area contributed by atoms with Crippen molar-refractivity contribution >= 4 is 38.8 Å². The Hall–Kier alpha value is -2.73. The molecule has 2 aromatic carbocycles. The van der Waals surface area contributed by atoms with Gasteiger partial charge in [0.2, 0.25) is 0 Å². The van der Waals surface area contributed by atoms with Crippen molar-refractivity contribution in [3.05, 3.63) is 59.2 Å². The number of nitrogen functional groups attached to an aromatic ring is 1. The molecule has 1 amide bonds. The number of nitrogens with two attached hydrogens (primary N) is 1. The van der Waals surface area contributed by atoms with E-state index in [4.69, 9.17) is 5.73 Å². The van der Waals surface area contributed by atoms with E-state index in [9.17, 15) is 4.79 Å². The number of rotatable bonds is 3. The topological polar surface area (TPSA) is 80.4 Å². The summed E-state index contributed by atoms with van der Waals surface area (Å²) in [5.74, 6) is -0.266. The molecule has 0 fully saturated rings. The van der Waals surface area contributed by atoms with E-state index in [1.54, 1.807) is 24.4 Å². The Morgan fingerprint density at radius 3 is 2.82 bits per heavy atom. The minimum atomic E-state index is -0.266. The van der Waals surface area contributed by atoms with Crippen molar-refractivity contribution in [2.24, 2.45) is 5.10 Å². The monoisotopic (exact) mass is 310 g/mol. The van der Waals surface area contributed by atoms with Crippen molar-refractivity contribution in [2.45, 2.75) is 6.92 Å². The number of aryl methyl sites for hydroxylation is 1. The lowest BCUT2D eigenvalue weighted by Crippen LogP contribution is -2.17. The number of nitrogens with one attached hydrogen (secondary N) is 1. The molecule has 0 saturated heterocycles. The molecule has 3 aromatic rings. The highest BCUT2D eigenvalue weighted by molar-refractivity contribution is 7.22. The lowest BCUT2D eigenvalue weighted by molar-refractivity contribution is 0.0955. The number of aromatic nitrogens is 1. The molecule has 0 unspecified atom stereocenters. The molecule has 1 heterocycles. The summed E-state index contributed by atoms with van der Waals surface area (Å²) in [6.07, 6.45) is 1.61. The molecule has 22 heavy (non-hydrogen) atoms. The number of amides is 1. The predicted molar refractivity (Wildman–Crippen MR) is 90.3 cm³/mol. The summed E-state index contributed by atoms with van der Waals surface area (Å²) in [7, 11) is 0. The van der Waals surface area contributed by atoms with Crippen molar-refractivity contribution in [3.63, 3.8) is 0 Å². The first-order valence-electron chi connectivity index (χ1n) is 6.68. The number of carbonyl (C=O) groups excluding carboxylic acids is 1. The zero-order chi connectivity index (χ0) is 15.5. The zero-order valence-corrected chi connectivity index (χ0v) is 12.7. The number of hydrogen-bond acceptors (Lipinski definition) is 5. The maximum Gasteiger partial charge on any atom is 0.271 e. The van der Waals surface area contributed by atoms with Gasteiger partial charge in [0.1, 0.15) is 0 Å². The molecular weight excluding hydrogens is 296 g/mol. The normalized spacial score (nSPS) is 11.1. The third kappa shape index (κ3) is 3.12. The van der Waals surface area contributed by atoms with Crippen LogP contribution in [0.3, 0.4) is 0 Å². The number of fused-ring (bicyclic) bond motifs is 1. The van der Waals surface area contributed by atoms with Crippen LogP contribution in [-0.2, 0) is 0 Å². The van der Waals surface area contributed by atoms with E-state index in [2.05, 4.69) is 15.5 Å². The van der Waals surface area contributed by atoms with Gasteiger partial charge < -0.3 is 5.73 Å². The molecule has 0 saturated carbocycles. The van der Waals surface area contributed by atoms with Gasteiger partial charge in [-0.05, 0) is 30.7 Å². The number of anilines is 1. The maximum atomic E-state index is 12.1. The number of benzene rings is 2. The van der Waals surface area contributed by atoms with Crippen LogP contribution in [0, 0.1) is 6.92 Å². The van der Waals surface area contributed by atoms with Crippen LogP contribution in [-0.4, -0.2) is 17.1 Å². The first-order chi connectivity index (χ1) is 10.6. The van der Waals surface area contributed by atoms with Gasteiger partial charge in [0, 0.05) is 5.56 Å². The van der Waals surface area contributed by atoms with Gasteiger partial charge in [-0.15, -0.1) is 0 Å². The van der Waals surface area contributed by atoms with Crippen LogP contribution in [0.25, 0.3) is 10.2 Å². The number of nitrogens with zero attached hydrogens (tertiary/aromatic N) is 2. The summed E-state index contributed by atoms with van der Waals surface area (Å²) in [6, 6.07) is 13.1. The fourth-order valence-electron chi connectivity index (χ4n) is 1.97. The predicted octanol–water partition coefficient (Wildman–Crippen LogP) is 2.95. The van der Waals surface area contributed by atoms with Gasteiger partial charge >= 0.3 is 0 Å². The molecule has 6 heteroatoms. The Labute approximate surface area is 131 Å². The first kappa shape index (κ1) is 14.2. The smallest absolute Gasteiger partial charge is 0.271 e. The van der Waals surface area contributed by atoms with Crippen LogP contribution >= 0.6 is 11.3 Å². The molecule has 0 spiro atoms. The molecule has 3 N–H and O–H groups in total. The molecule has 0 atom stereocenters. The molecule has 1 aromatic heterocycles. The van der Waals surface area contributed by atoms with E-state index in [0.717, 1.165) is 15.8 Å². The fourth-order valence-corrected chi connectivity index (χ4v) is 2.74. The fraction of sp³-hybridized carbons (Fsp3) is 0.0625. The van der Waals surface area contributed by atoms with Crippen LogP contribution < -0.4 is 11.2 Å². The average Bonchev–Trinajstić information content (AvgIpc) is 2.88. The van der Waals surface area contributed by atoms with Gasteiger partial charge in [-0.25, -0.2) is 10.4 Å². The van der Waals surface area contributed by atoms with Crippen LogP contribution in [0.5, 0.6) is 0 Å². The molecule has 0 aliphatic rings. The van der Waals surface area contributed by atoms with Crippen molar-refractivity contribution in [2.75, 3.05) is 5.73 Å². The second-order valence-corrected chi connectivity index (χ2v) is 5.91. The van der Waals surface area contributed by atoms with E-state index in [-0.39, 0.29) is 5.91 Å². The largest absolute Gasteiger partial charge is 0.375 e.